The predicted octanol–water partition coefficient (Wildman–Crippen LogP) is 4.26. The summed E-state index contributed by atoms with van der Waals surface area (Å²) in [5.41, 5.74) is 0.294. The van der Waals surface area contributed by atoms with Crippen LogP contribution in [0.25, 0.3) is 5.76 Å². The van der Waals surface area contributed by atoms with E-state index in [-0.39, 0.29) is 34.3 Å². The molecule has 1 amide bonds. The number of amides is 1. The van der Waals surface area contributed by atoms with E-state index in [4.69, 9.17) is 32.7 Å². The van der Waals surface area contributed by atoms with E-state index in [0.717, 1.165) is 0 Å². The second kappa shape index (κ2) is 10.8. The maximum atomic E-state index is 12.8. The zero-order chi connectivity index (χ0) is 22.3. The van der Waals surface area contributed by atoms with Crippen LogP contribution >= 0.6 is 23.2 Å². The summed E-state index contributed by atoms with van der Waals surface area (Å²) in [5, 5.41) is 0.512. The van der Waals surface area contributed by atoms with Crippen molar-refractivity contribution in [3.05, 3.63) is 75.3 Å². The Morgan fingerprint density at radius 3 is 2.20 bits per heavy atom. The molecule has 0 atom stereocenters. The molecule has 0 heterocycles. The van der Waals surface area contributed by atoms with Crippen molar-refractivity contribution >= 4 is 46.6 Å². The highest BCUT2D eigenvalue weighted by molar-refractivity contribution is 6.36. The maximum Gasteiger partial charge on any atom is 0.347 e. The molecule has 0 aliphatic rings. The van der Waals surface area contributed by atoms with Crippen molar-refractivity contribution in [2.75, 3.05) is 27.3 Å². The first-order valence-corrected chi connectivity index (χ1v) is 9.81. The zero-order valence-corrected chi connectivity index (χ0v) is 18.3. The van der Waals surface area contributed by atoms with Crippen LogP contribution in [-0.2, 0) is 19.1 Å². The lowest BCUT2D eigenvalue weighted by Crippen LogP contribution is -2.30. The van der Waals surface area contributed by atoms with E-state index in [1.54, 1.807) is 37.3 Å². The molecule has 0 aromatic heterocycles. The van der Waals surface area contributed by atoms with Gasteiger partial charge in [0.1, 0.15) is 5.76 Å². The number of esters is 1. The van der Waals surface area contributed by atoms with Crippen LogP contribution in [0.5, 0.6) is 0 Å². The van der Waals surface area contributed by atoms with E-state index in [2.05, 4.69) is 0 Å². The van der Waals surface area contributed by atoms with Crippen molar-refractivity contribution in [2.24, 2.45) is 0 Å². The van der Waals surface area contributed by atoms with Gasteiger partial charge in [0.15, 0.2) is 18.0 Å². The maximum absolute atomic E-state index is 12.8. The molecule has 0 radical (unpaired) electrons. The minimum Gasteiger partial charge on any atom is -0.484 e. The molecule has 0 fully saturated rings. The minimum absolute atomic E-state index is 0.0492. The van der Waals surface area contributed by atoms with E-state index in [9.17, 15) is 14.4 Å². The Labute approximate surface area is 185 Å². The first-order chi connectivity index (χ1) is 14.3. The fourth-order valence-corrected chi connectivity index (χ4v) is 3.00. The van der Waals surface area contributed by atoms with Crippen molar-refractivity contribution in [1.82, 2.24) is 4.90 Å². The van der Waals surface area contributed by atoms with E-state index < -0.39 is 18.5 Å². The number of carbonyl (C=O) groups is 3. The Kier molecular flexibility index (Phi) is 8.45. The van der Waals surface area contributed by atoms with Crippen LogP contribution in [0.1, 0.15) is 22.8 Å². The Balaban J connectivity index is 2.57. The molecule has 0 bridgehead atoms. The lowest BCUT2D eigenvalue weighted by Gasteiger charge is -2.19. The fourth-order valence-electron chi connectivity index (χ4n) is 2.51. The van der Waals surface area contributed by atoms with Crippen molar-refractivity contribution in [1.29, 1.82) is 0 Å². The average molecular weight is 450 g/mol. The van der Waals surface area contributed by atoms with Gasteiger partial charge in [0.25, 0.3) is 5.91 Å². The summed E-state index contributed by atoms with van der Waals surface area (Å²) in [4.78, 5) is 39.2. The number of halogens is 2. The SMILES string of the molecule is CCOC(=O)C(C(=O)N(C)C)=C(OCC(=O)c1ccccc1)c1ccc(Cl)cc1Cl. The molecule has 6 nitrogen and oxygen atoms in total. The van der Waals surface area contributed by atoms with Gasteiger partial charge in [-0.25, -0.2) is 4.79 Å². The Morgan fingerprint density at radius 1 is 0.967 bits per heavy atom. The molecule has 0 saturated heterocycles. The Bertz CT molecular complexity index is 971. The summed E-state index contributed by atoms with van der Waals surface area (Å²) in [7, 11) is 2.97. The van der Waals surface area contributed by atoms with Crippen LogP contribution in [-0.4, -0.2) is 49.9 Å². The molecule has 2 rings (SSSR count). The average Bonchev–Trinajstić information content (AvgIpc) is 2.71. The molecule has 8 heteroatoms. The Hall–Kier alpha value is -2.83. The van der Waals surface area contributed by atoms with Gasteiger partial charge >= 0.3 is 5.97 Å². The number of nitrogens with zero attached hydrogens (tertiary/aromatic N) is 1. The van der Waals surface area contributed by atoms with Gasteiger partial charge < -0.3 is 14.4 Å². The number of rotatable bonds is 8. The lowest BCUT2D eigenvalue weighted by atomic mass is 10.1. The second-order valence-corrected chi connectivity index (χ2v) is 7.17. The fraction of sp³-hybridized carbons (Fsp3) is 0.227. The van der Waals surface area contributed by atoms with Gasteiger partial charge in [-0.1, -0.05) is 53.5 Å². The van der Waals surface area contributed by atoms with Gasteiger partial charge in [0, 0.05) is 30.2 Å². The third-order valence-corrected chi connectivity index (χ3v) is 4.49. The number of likely N-dealkylation sites (N-methyl/N-ethyl adjacent to an activating group) is 1. The molecule has 0 N–H and O–H groups in total. The summed E-state index contributed by atoms with van der Waals surface area (Å²) >= 11 is 12.3. The van der Waals surface area contributed by atoms with Gasteiger partial charge in [-0.15, -0.1) is 0 Å². The molecule has 0 saturated carbocycles. The minimum atomic E-state index is -0.885. The zero-order valence-electron chi connectivity index (χ0n) is 16.8. The van der Waals surface area contributed by atoms with Crippen molar-refractivity contribution in [3.63, 3.8) is 0 Å². The first kappa shape index (κ1) is 23.4. The number of ketones is 1. The van der Waals surface area contributed by atoms with Crippen molar-refractivity contribution in [2.45, 2.75) is 6.92 Å². The molecule has 0 unspecified atom stereocenters. The molecule has 0 aliphatic carbocycles. The highest BCUT2D eigenvalue weighted by atomic mass is 35.5. The smallest absolute Gasteiger partial charge is 0.347 e. The monoisotopic (exact) mass is 449 g/mol. The molecule has 158 valence electrons. The molecule has 2 aromatic rings. The van der Waals surface area contributed by atoms with E-state index in [1.165, 1.54) is 37.2 Å². The van der Waals surface area contributed by atoms with Crippen LogP contribution in [0.2, 0.25) is 10.0 Å². The van der Waals surface area contributed by atoms with E-state index in [0.29, 0.717) is 10.6 Å². The first-order valence-electron chi connectivity index (χ1n) is 9.05. The number of carbonyl (C=O) groups excluding carboxylic acids is 3. The summed E-state index contributed by atoms with van der Waals surface area (Å²) in [5.74, 6) is -2.03. The highest BCUT2D eigenvalue weighted by Crippen LogP contribution is 2.31. The molecular weight excluding hydrogens is 429 g/mol. The van der Waals surface area contributed by atoms with Crippen LogP contribution in [0, 0.1) is 0 Å². The normalized spacial score (nSPS) is 11.4. The van der Waals surface area contributed by atoms with Crippen LogP contribution in [0.15, 0.2) is 54.1 Å². The Morgan fingerprint density at radius 2 is 1.63 bits per heavy atom. The molecular formula is C22H21Cl2NO5. The lowest BCUT2D eigenvalue weighted by molar-refractivity contribution is -0.141. The standard InChI is InChI=1S/C22H21Cl2NO5/c1-4-29-22(28)19(21(27)25(2)3)20(16-11-10-15(23)12-17(16)24)30-13-18(26)14-8-6-5-7-9-14/h5-12H,4,13H2,1-3H3. The number of ether oxygens (including phenoxy) is 2. The third kappa shape index (κ3) is 5.84. The molecule has 2 aromatic carbocycles. The largest absolute Gasteiger partial charge is 0.484 e. The van der Waals surface area contributed by atoms with Crippen molar-refractivity contribution < 1.29 is 23.9 Å². The van der Waals surface area contributed by atoms with Crippen LogP contribution in [0.4, 0.5) is 0 Å². The summed E-state index contributed by atoms with van der Waals surface area (Å²) in [6, 6.07) is 13.0. The van der Waals surface area contributed by atoms with Gasteiger partial charge in [-0.3, -0.25) is 9.59 Å². The van der Waals surface area contributed by atoms with E-state index >= 15 is 0 Å². The molecule has 30 heavy (non-hydrogen) atoms. The van der Waals surface area contributed by atoms with Crippen LogP contribution < -0.4 is 0 Å². The summed E-state index contributed by atoms with van der Waals surface area (Å²) < 4.78 is 10.8. The predicted molar refractivity (Wildman–Crippen MR) is 115 cm³/mol. The van der Waals surface area contributed by atoms with E-state index in [1.807, 2.05) is 0 Å². The van der Waals surface area contributed by atoms with Gasteiger partial charge in [-0.05, 0) is 25.1 Å². The third-order valence-electron chi connectivity index (χ3n) is 3.95. The highest BCUT2D eigenvalue weighted by Gasteiger charge is 2.30. The quantitative estimate of drug-likeness (QED) is 0.150. The summed E-state index contributed by atoms with van der Waals surface area (Å²) in [6.45, 7) is 1.25. The molecule has 0 spiro atoms. The van der Waals surface area contributed by atoms with Crippen molar-refractivity contribution in [3.8, 4) is 0 Å². The number of benzene rings is 2. The number of hydrogen-bond acceptors (Lipinski definition) is 5. The second-order valence-electron chi connectivity index (χ2n) is 6.33. The summed E-state index contributed by atoms with van der Waals surface area (Å²) in [6.07, 6.45) is 0. The van der Waals surface area contributed by atoms with Gasteiger partial charge in [-0.2, -0.15) is 0 Å². The molecule has 0 aliphatic heterocycles. The number of Topliss-reactive ketones (excluding diaryl/α,β-unsaturated/α-hetero) is 1. The number of hydrogen-bond donors (Lipinski definition) is 0. The van der Waals surface area contributed by atoms with Gasteiger partial charge in [0.05, 0.1) is 11.6 Å². The van der Waals surface area contributed by atoms with Crippen LogP contribution in [0.3, 0.4) is 0 Å². The topological polar surface area (TPSA) is 72.9 Å². The van der Waals surface area contributed by atoms with Gasteiger partial charge in [0.2, 0.25) is 0 Å².